The molecule has 12 heteroatoms. The summed E-state index contributed by atoms with van der Waals surface area (Å²) in [5, 5.41) is 0.892. The quantitative estimate of drug-likeness (QED) is 0.231. The number of nitrogens with one attached hydrogen (secondary N) is 1. The van der Waals surface area contributed by atoms with Gasteiger partial charge in [-0.05, 0) is 24.1 Å². The number of ether oxygens (including phenoxy) is 1. The minimum Gasteiger partial charge on any atom is -0.384 e. The van der Waals surface area contributed by atoms with Gasteiger partial charge in [0.25, 0.3) is 5.56 Å². The summed E-state index contributed by atoms with van der Waals surface area (Å²) < 4.78 is 6.03. The number of carbonyl (C=O) groups is 1. The maximum Gasteiger partial charge on any atom is 0.330 e. The van der Waals surface area contributed by atoms with Crippen molar-refractivity contribution in [2.24, 2.45) is 0 Å². The molecule has 0 amide bonds. The van der Waals surface area contributed by atoms with E-state index in [0.717, 1.165) is 21.9 Å². The first-order chi connectivity index (χ1) is 15.8. The lowest BCUT2D eigenvalue weighted by Gasteiger charge is -2.13. The number of methoxy groups -OCH3 is 1. The van der Waals surface area contributed by atoms with Crippen LogP contribution >= 0.6 is 23.4 Å². The van der Waals surface area contributed by atoms with Crippen LogP contribution in [0.4, 0.5) is 11.6 Å². The third-order valence-electron chi connectivity index (χ3n) is 4.83. The molecule has 33 heavy (non-hydrogen) atoms. The number of nitrogens with zero attached hydrogens (tertiary/aromatic N) is 3. The van der Waals surface area contributed by atoms with Crippen molar-refractivity contribution in [3.63, 3.8) is 0 Å². The van der Waals surface area contributed by atoms with Crippen molar-refractivity contribution < 1.29 is 9.53 Å². The predicted molar refractivity (Wildman–Crippen MR) is 129 cm³/mol. The molecule has 1 aromatic carbocycles. The number of hydrogen-bond acceptors (Lipinski definition) is 9. The molecule has 0 aliphatic carbocycles. The molecule has 0 atom stereocenters. The molecule has 2 heterocycles. The number of aryl methyl sites for hydroxylation is 1. The fraction of sp³-hybridized carbons (Fsp3) is 0.286. The second-order valence-electron chi connectivity index (χ2n) is 6.95. The second-order valence-corrected chi connectivity index (χ2v) is 8.33. The Morgan fingerprint density at radius 2 is 1.91 bits per heavy atom. The van der Waals surface area contributed by atoms with Crippen molar-refractivity contribution in [3.05, 3.63) is 61.4 Å². The number of hydrogen-bond donors (Lipinski definition) is 3. The normalized spacial score (nSPS) is 11.0. The van der Waals surface area contributed by atoms with Crippen LogP contribution in [0.25, 0.3) is 11.1 Å². The van der Waals surface area contributed by atoms with Crippen molar-refractivity contribution in [1.29, 1.82) is 0 Å². The predicted octanol–water partition coefficient (Wildman–Crippen LogP) is 2.00. The fourth-order valence-electron chi connectivity index (χ4n) is 3.22. The van der Waals surface area contributed by atoms with E-state index in [2.05, 4.69) is 15.0 Å². The van der Waals surface area contributed by atoms with Crippen LogP contribution in [0.1, 0.15) is 23.0 Å². The number of nitrogens with two attached hydrogens (primary N) is 2. The summed E-state index contributed by atoms with van der Waals surface area (Å²) in [6.07, 6.45) is 0.587. The summed E-state index contributed by atoms with van der Waals surface area (Å²) in [4.78, 5) is 48.0. The van der Waals surface area contributed by atoms with Gasteiger partial charge in [0, 0.05) is 17.7 Å². The Morgan fingerprint density at radius 3 is 2.55 bits per heavy atom. The Bertz CT molecular complexity index is 1290. The number of carbonyl (C=O) groups excluding carboxylic acids is 1. The van der Waals surface area contributed by atoms with E-state index in [9.17, 15) is 14.4 Å². The topological polar surface area (TPSA) is 159 Å². The number of anilines is 2. The SMILES string of the molecule is CCc1nc(SCC(=O)c2c(N)n(CCOC)c(=O)[nH]c2=O)nc(N)c1-c1ccc(Cl)cc1. The molecule has 0 radical (unpaired) electrons. The molecule has 3 aromatic rings. The smallest absolute Gasteiger partial charge is 0.330 e. The van der Waals surface area contributed by atoms with Crippen molar-refractivity contribution in [3.8, 4) is 11.1 Å². The number of thioether (sulfide) groups is 1. The Morgan fingerprint density at radius 1 is 1.21 bits per heavy atom. The number of nitrogen functional groups attached to an aromatic ring is 2. The number of rotatable bonds is 9. The van der Waals surface area contributed by atoms with Crippen LogP contribution in [0.3, 0.4) is 0 Å². The maximum absolute atomic E-state index is 12.8. The number of aromatic nitrogens is 4. The molecule has 0 saturated carbocycles. The van der Waals surface area contributed by atoms with E-state index in [-0.39, 0.29) is 41.3 Å². The molecule has 0 fully saturated rings. The van der Waals surface area contributed by atoms with Gasteiger partial charge in [-0.25, -0.2) is 14.8 Å². The van der Waals surface area contributed by atoms with Gasteiger partial charge in [-0.3, -0.25) is 19.1 Å². The second kappa shape index (κ2) is 10.6. The van der Waals surface area contributed by atoms with Crippen LogP contribution < -0.4 is 22.7 Å². The zero-order valence-corrected chi connectivity index (χ0v) is 19.6. The van der Waals surface area contributed by atoms with Gasteiger partial charge in [0.1, 0.15) is 17.2 Å². The molecule has 10 nitrogen and oxygen atoms in total. The molecule has 174 valence electrons. The Kier molecular flexibility index (Phi) is 7.90. The van der Waals surface area contributed by atoms with Crippen LogP contribution in [0.5, 0.6) is 0 Å². The van der Waals surface area contributed by atoms with Gasteiger partial charge >= 0.3 is 5.69 Å². The van der Waals surface area contributed by atoms with Crippen LogP contribution in [0, 0.1) is 0 Å². The van der Waals surface area contributed by atoms with E-state index in [1.165, 1.54) is 7.11 Å². The van der Waals surface area contributed by atoms with Gasteiger partial charge in [-0.2, -0.15) is 0 Å². The minimum atomic E-state index is -0.843. The number of Topliss-reactive ketones (excluding diaryl/α,β-unsaturated/α-hetero) is 1. The van der Waals surface area contributed by atoms with E-state index in [1.54, 1.807) is 12.1 Å². The van der Waals surface area contributed by atoms with E-state index in [0.29, 0.717) is 22.7 Å². The summed E-state index contributed by atoms with van der Waals surface area (Å²) in [7, 11) is 1.46. The molecule has 3 rings (SSSR count). The highest BCUT2D eigenvalue weighted by Crippen LogP contribution is 2.31. The van der Waals surface area contributed by atoms with Gasteiger partial charge in [-0.1, -0.05) is 42.4 Å². The standard InChI is InChI=1S/C21H23ClN6O4S/c1-3-13-15(11-4-6-12(22)7-5-11)17(23)26-20(25-13)33-10-14(29)16-18(24)28(8-9-32-2)21(31)27-19(16)30/h4-7H,3,8-10,24H2,1-2H3,(H2,23,25,26)(H,27,30,31). The van der Waals surface area contributed by atoms with Crippen molar-refractivity contribution >= 4 is 40.8 Å². The van der Waals surface area contributed by atoms with Gasteiger partial charge in [0.15, 0.2) is 10.9 Å². The number of H-pyrrole nitrogens is 1. The van der Waals surface area contributed by atoms with Gasteiger partial charge in [0.05, 0.1) is 24.6 Å². The highest BCUT2D eigenvalue weighted by atomic mass is 35.5. The van der Waals surface area contributed by atoms with Gasteiger partial charge < -0.3 is 16.2 Å². The Balaban J connectivity index is 1.86. The summed E-state index contributed by atoms with van der Waals surface area (Å²) >= 11 is 6.99. The molecule has 0 spiro atoms. The highest BCUT2D eigenvalue weighted by molar-refractivity contribution is 7.99. The van der Waals surface area contributed by atoms with E-state index >= 15 is 0 Å². The molecule has 0 bridgehead atoms. The zero-order valence-electron chi connectivity index (χ0n) is 18.1. The fourth-order valence-corrected chi connectivity index (χ4v) is 4.09. The van der Waals surface area contributed by atoms with Gasteiger partial charge in [-0.15, -0.1) is 0 Å². The summed E-state index contributed by atoms with van der Waals surface area (Å²) in [6.45, 7) is 2.22. The van der Waals surface area contributed by atoms with Crippen LogP contribution in [0.15, 0.2) is 39.0 Å². The lowest BCUT2D eigenvalue weighted by Crippen LogP contribution is -2.37. The molecule has 0 aliphatic rings. The lowest BCUT2D eigenvalue weighted by atomic mass is 10.0. The first kappa shape index (κ1) is 24.5. The largest absolute Gasteiger partial charge is 0.384 e. The minimum absolute atomic E-state index is 0.0943. The maximum atomic E-state index is 12.8. The van der Waals surface area contributed by atoms with Crippen LogP contribution in [0.2, 0.25) is 5.02 Å². The molecule has 0 aliphatic heterocycles. The average Bonchev–Trinajstić information content (AvgIpc) is 2.77. The Labute approximate surface area is 198 Å². The van der Waals surface area contributed by atoms with Crippen molar-refractivity contribution in [2.75, 3.05) is 30.9 Å². The van der Waals surface area contributed by atoms with Crippen molar-refractivity contribution in [2.45, 2.75) is 25.0 Å². The van der Waals surface area contributed by atoms with Crippen molar-refractivity contribution in [1.82, 2.24) is 19.5 Å². The highest BCUT2D eigenvalue weighted by Gasteiger charge is 2.21. The van der Waals surface area contributed by atoms with E-state index < -0.39 is 17.0 Å². The average molecular weight is 491 g/mol. The van der Waals surface area contributed by atoms with E-state index in [4.69, 9.17) is 27.8 Å². The number of aromatic amines is 1. The zero-order chi connectivity index (χ0) is 24.1. The molecule has 2 aromatic heterocycles. The number of benzene rings is 1. The third kappa shape index (κ3) is 5.44. The molecule has 5 N–H and O–H groups in total. The summed E-state index contributed by atoms with van der Waals surface area (Å²) in [5.74, 6) is -0.672. The monoisotopic (exact) mass is 490 g/mol. The molecular weight excluding hydrogens is 468 g/mol. The molecular formula is C21H23ClN6O4S. The van der Waals surface area contributed by atoms with Crippen LogP contribution in [-0.4, -0.2) is 44.8 Å². The summed E-state index contributed by atoms with van der Waals surface area (Å²) in [5.41, 5.74) is 12.6. The van der Waals surface area contributed by atoms with E-state index in [1.807, 2.05) is 19.1 Å². The number of ketones is 1. The van der Waals surface area contributed by atoms with Gasteiger partial charge in [0.2, 0.25) is 0 Å². The Hall–Kier alpha value is -3.15. The van der Waals surface area contributed by atoms with Crippen LogP contribution in [-0.2, 0) is 17.7 Å². The first-order valence-electron chi connectivity index (χ1n) is 9.96. The third-order valence-corrected chi connectivity index (χ3v) is 5.93. The lowest BCUT2D eigenvalue weighted by molar-refractivity contribution is 0.102. The molecule has 0 unspecified atom stereocenters. The molecule has 0 saturated heterocycles. The first-order valence-corrected chi connectivity index (χ1v) is 11.3. The summed E-state index contributed by atoms with van der Waals surface area (Å²) in [6, 6.07) is 7.18. The number of halogens is 1.